The smallest absolute Gasteiger partial charge is 0.330 e. The summed E-state index contributed by atoms with van der Waals surface area (Å²) in [5.41, 5.74) is 0. The molecule has 1 heterocycles. The molecule has 0 aliphatic carbocycles. The molecule has 1 rings (SSSR count). The van der Waals surface area contributed by atoms with Crippen LogP contribution >= 0.6 is 0 Å². The van der Waals surface area contributed by atoms with E-state index in [1.54, 1.807) is 6.08 Å². The summed E-state index contributed by atoms with van der Waals surface area (Å²) in [6, 6.07) is 0. The summed E-state index contributed by atoms with van der Waals surface area (Å²) in [6.45, 7) is 1.86. The number of hydrogen-bond donors (Lipinski definition) is 2. The molecular formula is C15H22O4. The monoisotopic (exact) mass is 266 g/mol. The summed E-state index contributed by atoms with van der Waals surface area (Å²) in [7, 11) is 0. The van der Waals surface area contributed by atoms with Crippen LogP contribution in [0.5, 0.6) is 0 Å². The molecule has 1 unspecified atom stereocenters. The zero-order valence-electron chi connectivity index (χ0n) is 11.2. The molecular weight excluding hydrogens is 244 g/mol. The van der Waals surface area contributed by atoms with Crippen LogP contribution in [-0.4, -0.2) is 34.5 Å². The highest BCUT2D eigenvalue weighted by Gasteiger charge is 2.07. The van der Waals surface area contributed by atoms with E-state index in [0.717, 1.165) is 25.7 Å². The number of carbonyl (C=O) groups excluding carboxylic acids is 1. The second kappa shape index (κ2) is 8.67. The van der Waals surface area contributed by atoms with Crippen LogP contribution in [0.25, 0.3) is 0 Å². The lowest BCUT2D eigenvalue weighted by Gasteiger charge is -2.11. The standard InChI is InChI=1S/C15H22O4/c1-12-6-4-2-3-5-7-13(16)8-9-14(17)10-11-15(18)19-12/h5,7-14,16-17H,2-4,6H2,1H3/b7-5+,9-8+,11-10+/t12?,13-,14-/m0/s1. The summed E-state index contributed by atoms with van der Waals surface area (Å²) < 4.78 is 5.17. The van der Waals surface area contributed by atoms with Gasteiger partial charge in [-0.15, -0.1) is 0 Å². The fourth-order valence-corrected chi connectivity index (χ4v) is 1.76. The van der Waals surface area contributed by atoms with Crippen molar-refractivity contribution in [1.82, 2.24) is 0 Å². The van der Waals surface area contributed by atoms with Crippen molar-refractivity contribution in [1.29, 1.82) is 0 Å². The maximum atomic E-state index is 11.4. The molecule has 0 aromatic rings. The average Bonchev–Trinajstić information content (AvgIpc) is 2.37. The van der Waals surface area contributed by atoms with Gasteiger partial charge in [0.25, 0.3) is 0 Å². The van der Waals surface area contributed by atoms with E-state index in [2.05, 4.69) is 0 Å². The Kier molecular flexibility index (Phi) is 7.15. The van der Waals surface area contributed by atoms with Gasteiger partial charge in [0.05, 0.1) is 18.3 Å². The Bertz CT molecular complexity index is 357. The molecule has 106 valence electrons. The van der Waals surface area contributed by atoms with Crippen LogP contribution in [0.2, 0.25) is 0 Å². The van der Waals surface area contributed by atoms with Crippen molar-refractivity contribution in [3.8, 4) is 0 Å². The van der Waals surface area contributed by atoms with Crippen molar-refractivity contribution in [3.63, 3.8) is 0 Å². The summed E-state index contributed by atoms with van der Waals surface area (Å²) in [6.07, 6.45) is 11.0. The molecule has 1 aliphatic rings. The van der Waals surface area contributed by atoms with Crippen LogP contribution in [0.3, 0.4) is 0 Å². The summed E-state index contributed by atoms with van der Waals surface area (Å²) in [5, 5.41) is 19.1. The first-order valence-corrected chi connectivity index (χ1v) is 6.68. The topological polar surface area (TPSA) is 66.8 Å². The fraction of sp³-hybridized carbons (Fsp3) is 0.533. The largest absolute Gasteiger partial charge is 0.460 e. The Morgan fingerprint density at radius 1 is 1.11 bits per heavy atom. The maximum Gasteiger partial charge on any atom is 0.330 e. The van der Waals surface area contributed by atoms with Crippen molar-refractivity contribution in [2.75, 3.05) is 0 Å². The van der Waals surface area contributed by atoms with Gasteiger partial charge in [-0.2, -0.15) is 0 Å². The van der Waals surface area contributed by atoms with E-state index in [1.807, 2.05) is 13.0 Å². The lowest BCUT2D eigenvalue weighted by Crippen LogP contribution is -2.13. The lowest BCUT2D eigenvalue weighted by atomic mass is 10.1. The number of ether oxygens (including phenoxy) is 1. The Balaban J connectivity index is 2.66. The first-order valence-electron chi connectivity index (χ1n) is 6.68. The number of aliphatic hydroxyl groups is 2. The summed E-state index contributed by atoms with van der Waals surface area (Å²) >= 11 is 0. The molecule has 0 bridgehead atoms. The molecule has 3 atom stereocenters. The number of carbonyl (C=O) groups is 1. The average molecular weight is 266 g/mol. The van der Waals surface area contributed by atoms with Crippen LogP contribution in [0, 0.1) is 0 Å². The van der Waals surface area contributed by atoms with Gasteiger partial charge in [-0.25, -0.2) is 4.79 Å². The van der Waals surface area contributed by atoms with Crippen molar-refractivity contribution in [2.45, 2.75) is 50.9 Å². The number of cyclic esters (lactones) is 1. The molecule has 0 saturated heterocycles. The molecule has 4 heteroatoms. The quantitative estimate of drug-likeness (QED) is 0.519. The molecule has 4 nitrogen and oxygen atoms in total. The first kappa shape index (κ1) is 15.7. The van der Waals surface area contributed by atoms with Crippen molar-refractivity contribution in [3.05, 3.63) is 36.5 Å². The molecule has 0 radical (unpaired) electrons. The van der Waals surface area contributed by atoms with Gasteiger partial charge in [0.15, 0.2) is 0 Å². The van der Waals surface area contributed by atoms with Crippen molar-refractivity contribution < 1.29 is 19.7 Å². The highest BCUT2D eigenvalue weighted by atomic mass is 16.5. The van der Waals surface area contributed by atoms with E-state index in [9.17, 15) is 15.0 Å². The number of aliphatic hydroxyl groups excluding tert-OH is 2. The highest BCUT2D eigenvalue weighted by molar-refractivity contribution is 5.82. The number of allylic oxidation sites excluding steroid dienone is 1. The molecule has 2 N–H and O–H groups in total. The molecule has 19 heavy (non-hydrogen) atoms. The minimum atomic E-state index is -0.906. The van der Waals surface area contributed by atoms with E-state index in [0.29, 0.717) is 0 Å². The minimum Gasteiger partial charge on any atom is -0.460 e. The van der Waals surface area contributed by atoms with Crippen LogP contribution < -0.4 is 0 Å². The van der Waals surface area contributed by atoms with Crippen LogP contribution in [0.1, 0.15) is 32.6 Å². The van der Waals surface area contributed by atoms with Gasteiger partial charge in [-0.1, -0.05) is 24.3 Å². The van der Waals surface area contributed by atoms with Gasteiger partial charge < -0.3 is 14.9 Å². The molecule has 0 aromatic carbocycles. The Morgan fingerprint density at radius 3 is 2.53 bits per heavy atom. The van der Waals surface area contributed by atoms with Gasteiger partial charge in [-0.3, -0.25) is 0 Å². The van der Waals surface area contributed by atoms with Crippen molar-refractivity contribution in [2.24, 2.45) is 0 Å². The number of rotatable bonds is 0. The third-order valence-electron chi connectivity index (χ3n) is 2.82. The van der Waals surface area contributed by atoms with E-state index in [-0.39, 0.29) is 6.10 Å². The SMILES string of the molecule is CC1CCCC/C=C/[C@H](O)/C=C/[C@H](O)/C=C/C(=O)O1. The van der Waals surface area contributed by atoms with E-state index in [4.69, 9.17) is 4.74 Å². The second-order valence-electron chi connectivity index (χ2n) is 4.69. The van der Waals surface area contributed by atoms with Crippen LogP contribution in [0.4, 0.5) is 0 Å². The molecule has 0 aromatic heterocycles. The highest BCUT2D eigenvalue weighted by Crippen LogP contribution is 2.08. The third-order valence-corrected chi connectivity index (χ3v) is 2.82. The van der Waals surface area contributed by atoms with Gasteiger partial charge in [0, 0.05) is 6.08 Å². The van der Waals surface area contributed by atoms with Gasteiger partial charge in [0.1, 0.15) is 0 Å². The number of hydrogen-bond acceptors (Lipinski definition) is 4. The summed E-state index contributed by atoms with van der Waals surface area (Å²) in [5.74, 6) is -0.450. The van der Waals surface area contributed by atoms with Gasteiger partial charge in [-0.05, 0) is 38.7 Å². The minimum absolute atomic E-state index is 0.121. The lowest BCUT2D eigenvalue weighted by molar-refractivity contribution is -0.142. The Labute approximate surface area is 114 Å². The van der Waals surface area contributed by atoms with Gasteiger partial charge >= 0.3 is 5.97 Å². The van der Waals surface area contributed by atoms with Crippen LogP contribution in [-0.2, 0) is 9.53 Å². The fourth-order valence-electron chi connectivity index (χ4n) is 1.76. The van der Waals surface area contributed by atoms with E-state index < -0.39 is 18.2 Å². The maximum absolute atomic E-state index is 11.4. The zero-order valence-corrected chi connectivity index (χ0v) is 11.2. The second-order valence-corrected chi connectivity index (χ2v) is 4.69. The Morgan fingerprint density at radius 2 is 1.79 bits per heavy atom. The zero-order chi connectivity index (χ0) is 14.1. The molecule has 1 aliphatic heterocycles. The third kappa shape index (κ3) is 7.59. The molecule has 0 amide bonds. The summed E-state index contributed by atoms with van der Waals surface area (Å²) in [4.78, 5) is 11.4. The van der Waals surface area contributed by atoms with Crippen LogP contribution in [0.15, 0.2) is 36.5 Å². The molecule has 0 saturated carbocycles. The van der Waals surface area contributed by atoms with E-state index in [1.165, 1.54) is 24.3 Å². The van der Waals surface area contributed by atoms with Gasteiger partial charge in [0.2, 0.25) is 0 Å². The molecule has 0 spiro atoms. The number of esters is 1. The van der Waals surface area contributed by atoms with E-state index >= 15 is 0 Å². The Hall–Kier alpha value is -1.39. The predicted molar refractivity (Wildman–Crippen MR) is 73.5 cm³/mol. The predicted octanol–water partition coefficient (Wildman–Crippen LogP) is 1.88. The molecule has 0 fully saturated rings. The first-order chi connectivity index (χ1) is 9.08. The van der Waals surface area contributed by atoms with Crippen molar-refractivity contribution >= 4 is 5.97 Å². The normalized spacial score (nSPS) is 35.5.